The van der Waals surface area contributed by atoms with E-state index in [4.69, 9.17) is 4.74 Å². The molecule has 0 radical (unpaired) electrons. The Balaban J connectivity index is 2.24. The number of para-hydroxylation sites is 2. The van der Waals surface area contributed by atoms with E-state index in [1.807, 2.05) is 45.9 Å². The van der Waals surface area contributed by atoms with Gasteiger partial charge in [-0.15, -0.1) is 0 Å². The van der Waals surface area contributed by atoms with Gasteiger partial charge in [-0.2, -0.15) is 0 Å². The maximum Gasteiger partial charge on any atom is 0.241 e. The van der Waals surface area contributed by atoms with Crippen molar-refractivity contribution < 1.29 is 17.9 Å². The Morgan fingerprint density at radius 2 is 1.86 bits per heavy atom. The van der Waals surface area contributed by atoms with Crippen molar-refractivity contribution in [1.29, 1.82) is 0 Å². The van der Waals surface area contributed by atoms with E-state index in [1.54, 1.807) is 24.3 Å². The number of amides is 1. The van der Waals surface area contributed by atoms with Gasteiger partial charge >= 0.3 is 0 Å². The Hall–Kier alpha value is -2.54. The lowest BCUT2D eigenvalue weighted by molar-refractivity contribution is -0.120. The van der Waals surface area contributed by atoms with Crippen LogP contribution in [0.5, 0.6) is 5.75 Å². The van der Waals surface area contributed by atoms with Crippen LogP contribution in [0.3, 0.4) is 0 Å². The predicted octanol–water partition coefficient (Wildman–Crippen LogP) is 3.35. The van der Waals surface area contributed by atoms with E-state index in [0.29, 0.717) is 18.0 Å². The number of rotatable bonds is 8. The van der Waals surface area contributed by atoms with Gasteiger partial charge in [0.25, 0.3) is 0 Å². The number of anilines is 1. The average Bonchev–Trinajstić information content (AvgIpc) is 2.61. The molecule has 152 valence electrons. The minimum absolute atomic E-state index is 0.240. The molecule has 0 saturated heterocycles. The van der Waals surface area contributed by atoms with Crippen molar-refractivity contribution in [1.82, 2.24) is 5.32 Å². The van der Waals surface area contributed by atoms with Crippen molar-refractivity contribution in [2.75, 3.05) is 23.7 Å². The largest absolute Gasteiger partial charge is 0.492 e. The van der Waals surface area contributed by atoms with Crippen LogP contribution in [0.4, 0.5) is 5.69 Å². The highest BCUT2D eigenvalue weighted by Gasteiger charge is 2.24. The fourth-order valence-electron chi connectivity index (χ4n) is 3.04. The smallest absolute Gasteiger partial charge is 0.241 e. The van der Waals surface area contributed by atoms with Gasteiger partial charge in [0, 0.05) is 0 Å². The Labute approximate surface area is 167 Å². The molecule has 1 atom stereocenters. The zero-order chi connectivity index (χ0) is 20.9. The number of nitrogens with zero attached hydrogens (tertiary/aromatic N) is 1. The zero-order valence-corrected chi connectivity index (χ0v) is 17.8. The molecule has 0 fully saturated rings. The van der Waals surface area contributed by atoms with Crippen molar-refractivity contribution >= 4 is 21.6 Å². The van der Waals surface area contributed by atoms with Crippen molar-refractivity contribution in [3.63, 3.8) is 0 Å². The Kier molecular flexibility index (Phi) is 7.07. The third kappa shape index (κ3) is 5.48. The summed E-state index contributed by atoms with van der Waals surface area (Å²) in [5.41, 5.74) is 3.53. The monoisotopic (exact) mass is 404 g/mol. The van der Waals surface area contributed by atoms with Crippen molar-refractivity contribution in [3.8, 4) is 5.75 Å². The molecule has 28 heavy (non-hydrogen) atoms. The normalized spacial score (nSPS) is 12.3. The summed E-state index contributed by atoms with van der Waals surface area (Å²) in [7, 11) is -3.68. The number of benzene rings is 2. The summed E-state index contributed by atoms with van der Waals surface area (Å²) in [5.74, 6) is 0.0379. The molecule has 1 N–H and O–H groups in total. The van der Waals surface area contributed by atoms with Crippen LogP contribution in [0.15, 0.2) is 42.5 Å². The number of nitrogens with one attached hydrogen (secondary N) is 1. The van der Waals surface area contributed by atoms with Crippen LogP contribution in [0, 0.1) is 13.8 Å². The fourth-order valence-corrected chi connectivity index (χ4v) is 3.90. The minimum Gasteiger partial charge on any atom is -0.492 e. The van der Waals surface area contributed by atoms with Crippen molar-refractivity contribution in [2.45, 2.75) is 33.7 Å². The second-order valence-electron chi connectivity index (χ2n) is 6.82. The molecule has 1 amide bonds. The summed E-state index contributed by atoms with van der Waals surface area (Å²) in [6.07, 6.45) is 1.08. The molecule has 2 rings (SSSR count). The molecular formula is C21H28N2O4S. The molecule has 0 aliphatic rings. The quantitative estimate of drug-likeness (QED) is 0.732. The highest BCUT2D eigenvalue weighted by Crippen LogP contribution is 2.29. The van der Waals surface area contributed by atoms with Crippen LogP contribution in [-0.4, -0.2) is 33.7 Å². The molecule has 0 aromatic heterocycles. The molecule has 0 unspecified atom stereocenters. The van der Waals surface area contributed by atoms with Gasteiger partial charge in [0.1, 0.15) is 12.3 Å². The second-order valence-corrected chi connectivity index (χ2v) is 8.73. The Morgan fingerprint density at radius 1 is 1.18 bits per heavy atom. The summed E-state index contributed by atoms with van der Waals surface area (Å²) in [6.45, 7) is 7.76. The maximum atomic E-state index is 12.7. The number of carbonyl (C=O) groups excluding carboxylic acids is 1. The first-order valence-corrected chi connectivity index (χ1v) is 11.0. The van der Waals surface area contributed by atoms with E-state index >= 15 is 0 Å². The molecule has 0 aliphatic carbocycles. The van der Waals surface area contributed by atoms with Crippen LogP contribution in [0.1, 0.15) is 36.6 Å². The lowest BCUT2D eigenvalue weighted by atomic mass is 10.00. The maximum absolute atomic E-state index is 12.7. The topological polar surface area (TPSA) is 75.7 Å². The van der Waals surface area contributed by atoms with Crippen LogP contribution in [-0.2, 0) is 14.8 Å². The van der Waals surface area contributed by atoms with Gasteiger partial charge in [-0.3, -0.25) is 9.10 Å². The lowest BCUT2D eigenvalue weighted by Gasteiger charge is -2.25. The minimum atomic E-state index is -3.68. The summed E-state index contributed by atoms with van der Waals surface area (Å²) < 4.78 is 31.3. The van der Waals surface area contributed by atoms with E-state index in [0.717, 1.165) is 27.3 Å². The number of sulfonamides is 1. The van der Waals surface area contributed by atoms with E-state index in [-0.39, 0.29) is 18.5 Å². The first-order chi connectivity index (χ1) is 13.1. The van der Waals surface area contributed by atoms with Gasteiger partial charge in [0.15, 0.2) is 0 Å². The van der Waals surface area contributed by atoms with E-state index in [1.165, 1.54) is 0 Å². The van der Waals surface area contributed by atoms with Gasteiger partial charge in [-0.1, -0.05) is 35.9 Å². The summed E-state index contributed by atoms with van der Waals surface area (Å²) in [5, 5.41) is 2.90. The van der Waals surface area contributed by atoms with E-state index < -0.39 is 10.0 Å². The van der Waals surface area contributed by atoms with Gasteiger partial charge in [0.05, 0.1) is 24.6 Å². The molecule has 0 heterocycles. The number of hydrogen-bond acceptors (Lipinski definition) is 4. The van der Waals surface area contributed by atoms with E-state index in [2.05, 4.69) is 5.32 Å². The third-order valence-corrected chi connectivity index (χ3v) is 5.53. The molecule has 0 bridgehead atoms. The molecule has 2 aromatic carbocycles. The standard InChI is InChI=1S/C21H28N2O4S/c1-6-27-20-10-8-7-9-19(20)23(28(5,25)26)14-21(24)22-17(4)18-13-15(2)11-12-16(18)3/h7-13,17H,6,14H2,1-5H3,(H,22,24)/t17-/m0/s1. The first-order valence-electron chi connectivity index (χ1n) is 9.19. The van der Waals surface area contributed by atoms with Crippen LogP contribution in [0.2, 0.25) is 0 Å². The van der Waals surface area contributed by atoms with Crippen molar-refractivity contribution in [3.05, 3.63) is 59.2 Å². The van der Waals surface area contributed by atoms with E-state index in [9.17, 15) is 13.2 Å². The average molecular weight is 405 g/mol. The molecule has 6 nitrogen and oxygen atoms in total. The summed E-state index contributed by atoms with van der Waals surface area (Å²) >= 11 is 0. The Bertz CT molecular complexity index is 941. The van der Waals surface area contributed by atoms with Gasteiger partial charge in [-0.25, -0.2) is 8.42 Å². The van der Waals surface area contributed by atoms with Gasteiger partial charge in [0.2, 0.25) is 15.9 Å². The van der Waals surface area contributed by atoms with Crippen LogP contribution < -0.4 is 14.4 Å². The number of ether oxygens (including phenoxy) is 1. The molecule has 7 heteroatoms. The van der Waals surface area contributed by atoms with Gasteiger partial charge in [-0.05, 0) is 51.0 Å². The third-order valence-electron chi connectivity index (χ3n) is 4.40. The number of hydrogen-bond donors (Lipinski definition) is 1. The fraction of sp³-hybridized carbons (Fsp3) is 0.381. The molecule has 2 aromatic rings. The molecular weight excluding hydrogens is 376 g/mol. The van der Waals surface area contributed by atoms with Gasteiger partial charge < -0.3 is 10.1 Å². The molecule has 0 spiro atoms. The molecule has 0 aliphatic heterocycles. The Morgan fingerprint density at radius 3 is 2.50 bits per heavy atom. The summed E-state index contributed by atoms with van der Waals surface area (Å²) in [6, 6.07) is 12.6. The summed E-state index contributed by atoms with van der Waals surface area (Å²) in [4.78, 5) is 12.7. The second kappa shape index (κ2) is 9.10. The highest BCUT2D eigenvalue weighted by atomic mass is 32.2. The van der Waals surface area contributed by atoms with Crippen molar-refractivity contribution in [2.24, 2.45) is 0 Å². The zero-order valence-electron chi connectivity index (χ0n) is 17.0. The SMILES string of the molecule is CCOc1ccccc1N(CC(=O)N[C@@H](C)c1cc(C)ccc1C)S(C)(=O)=O. The lowest BCUT2D eigenvalue weighted by Crippen LogP contribution is -2.41. The van der Waals surface area contributed by atoms with Crippen LogP contribution in [0.25, 0.3) is 0 Å². The first kappa shape index (κ1) is 21.8. The number of carbonyl (C=O) groups is 1. The number of aryl methyl sites for hydroxylation is 2. The molecule has 0 saturated carbocycles. The van der Waals surface area contributed by atoms with Crippen LogP contribution >= 0.6 is 0 Å². The predicted molar refractivity (Wildman–Crippen MR) is 112 cm³/mol. The highest BCUT2D eigenvalue weighted by molar-refractivity contribution is 7.92.